The molecule has 3 aromatic rings. The summed E-state index contributed by atoms with van der Waals surface area (Å²) in [5.74, 6) is -1.28. The van der Waals surface area contributed by atoms with Crippen LogP contribution >= 0.6 is 0 Å². The Morgan fingerprint density at radius 1 is 1.17 bits per heavy atom. The number of pyridine rings is 1. The fraction of sp³-hybridized carbons (Fsp3) is 0.409. The molecule has 1 aromatic carbocycles. The average Bonchev–Trinajstić information content (AvgIpc) is 3.28. The number of nitrogens with zero attached hydrogens (tertiary/aromatic N) is 3. The third kappa shape index (κ3) is 4.07. The summed E-state index contributed by atoms with van der Waals surface area (Å²) in [6.45, 7) is 0.427. The predicted octanol–water partition coefficient (Wildman–Crippen LogP) is 4.02. The molecule has 0 aliphatic carbocycles. The van der Waals surface area contributed by atoms with E-state index in [1.807, 2.05) is 0 Å². The van der Waals surface area contributed by atoms with E-state index in [-0.39, 0.29) is 28.8 Å². The van der Waals surface area contributed by atoms with Crippen molar-refractivity contribution in [3.8, 4) is 0 Å². The van der Waals surface area contributed by atoms with Crippen molar-refractivity contribution >= 4 is 16.6 Å². The molecule has 1 fully saturated rings. The minimum Gasteiger partial charge on any atom is -0.379 e. The largest absolute Gasteiger partial charge is 0.414 e. The van der Waals surface area contributed by atoms with Crippen molar-refractivity contribution in [1.82, 2.24) is 14.3 Å². The number of hydrogen-bond acceptors (Lipinski definition) is 5. The van der Waals surface area contributed by atoms with Gasteiger partial charge in [-0.25, -0.2) is 17.9 Å². The summed E-state index contributed by atoms with van der Waals surface area (Å²) >= 11 is 0. The molecule has 13 heteroatoms. The minimum absolute atomic E-state index is 0.125. The summed E-state index contributed by atoms with van der Waals surface area (Å²) in [6.07, 6.45) is -7.52. The highest BCUT2D eigenvalue weighted by molar-refractivity contribution is 5.90. The molecule has 2 atom stereocenters. The van der Waals surface area contributed by atoms with E-state index < -0.39 is 59.7 Å². The van der Waals surface area contributed by atoms with Gasteiger partial charge in [-0.1, -0.05) is 18.2 Å². The number of anilines is 1. The Kier molecular flexibility index (Phi) is 6.16. The van der Waals surface area contributed by atoms with Crippen LogP contribution in [0.15, 0.2) is 40.1 Å². The van der Waals surface area contributed by atoms with Gasteiger partial charge >= 0.3 is 6.18 Å². The molecule has 1 aliphatic rings. The van der Waals surface area contributed by atoms with Gasteiger partial charge in [-0.15, -0.1) is 0 Å². The molecule has 35 heavy (non-hydrogen) atoms. The van der Waals surface area contributed by atoms with E-state index in [4.69, 9.17) is 4.74 Å². The van der Waals surface area contributed by atoms with Crippen LogP contribution in [0.3, 0.4) is 0 Å². The van der Waals surface area contributed by atoms with Crippen LogP contribution in [0.2, 0.25) is 0 Å². The molecule has 188 valence electrons. The number of rotatable bonds is 5. The Morgan fingerprint density at radius 3 is 2.46 bits per heavy atom. The molecular formula is C22H20F6N4O3. The highest BCUT2D eigenvalue weighted by Gasteiger charge is 2.59. The summed E-state index contributed by atoms with van der Waals surface area (Å²) in [7, 11) is 1.27. The van der Waals surface area contributed by atoms with Gasteiger partial charge in [0.05, 0.1) is 23.6 Å². The van der Waals surface area contributed by atoms with Crippen molar-refractivity contribution in [2.24, 2.45) is 7.05 Å². The minimum atomic E-state index is -4.84. The molecule has 2 aromatic heterocycles. The maximum absolute atomic E-state index is 14.7. The fourth-order valence-electron chi connectivity index (χ4n) is 4.22. The quantitative estimate of drug-likeness (QED) is 0.534. The highest BCUT2D eigenvalue weighted by atomic mass is 19.4. The number of halogens is 6. The number of aromatic nitrogens is 3. The molecule has 0 saturated carbocycles. The van der Waals surface area contributed by atoms with Crippen LogP contribution in [-0.4, -0.2) is 33.7 Å². The molecule has 7 nitrogen and oxygen atoms in total. The average molecular weight is 502 g/mol. The van der Waals surface area contributed by atoms with Crippen molar-refractivity contribution in [1.29, 1.82) is 0 Å². The van der Waals surface area contributed by atoms with Crippen LogP contribution in [0.5, 0.6) is 0 Å². The predicted molar refractivity (Wildman–Crippen MR) is 114 cm³/mol. The number of benzene rings is 1. The van der Waals surface area contributed by atoms with Gasteiger partial charge in [0, 0.05) is 43.3 Å². The summed E-state index contributed by atoms with van der Waals surface area (Å²) in [4.78, 5) is 25.3. The van der Waals surface area contributed by atoms with Gasteiger partial charge in [-0.05, 0) is 6.92 Å². The Balaban J connectivity index is 1.89. The van der Waals surface area contributed by atoms with Crippen molar-refractivity contribution < 1.29 is 31.1 Å². The summed E-state index contributed by atoms with van der Waals surface area (Å²) in [5, 5.41) is 6.48. The third-order valence-corrected chi connectivity index (χ3v) is 6.19. The van der Waals surface area contributed by atoms with Crippen molar-refractivity contribution in [3.63, 3.8) is 0 Å². The lowest BCUT2D eigenvalue weighted by atomic mass is 9.96. The monoisotopic (exact) mass is 502 g/mol. The number of aryl methyl sites for hydroxylation is 1. The number of fused-ring (bicyclic) bond motifs is 1. The van der Waals surface area contributed by atoms with Crippen molar-refractivity contribution in [2.45, 2.75) is 37.5 Å². The van der Waals surface area contributed by atoms with Crippen molar-refractivity contribution in [3.05, 3.63) is 68.1 Å². The second kappa shape index (κ2) is 8.70. The van der Waals surface area contributed by atoms with Crippen LogP contribution in [0.4, 0.5) is 32.2 Å². The van der Waals surface area contributed by atoms with Crippen LogP contribution < -0.4 is 16.4 Å². The SMILES string of the molecule is C[C@@H](Nc1nn(C)c(=O)c2cc(=O)n([C@@]3(C(F)(F)F)CCOC3)cc12)c1cccc(C(F)F)c1F. The van der Waals surface area contributed by atoms with Gasteiger partial charge in [-0.2, -0.15) is 18.3 Å². The topological polar surface area (TPSA) is 78.2 Å². The first kappa shape index (κ1) is 24.8. The van der Waals surface area contributed by atoms with Crippen molar-refractivity contribution in [2.75, 3.05) is 18.5 Å². The smallest absolute Gasteiger partial charge is 0.379 e. The van der Waals surface area contributed by atoms with Gasteiger partial charge in [0.15, 0.2) is 11.4 Å². The molecule has 0 spiro atoms. The number of nitrogens with one attached hydrogen (secondary N) is 1. The maximum Gasteiger partial charge on any atom is 0.414 e. The third-order valence-electron chi connectivity index (χ3n) is 6.19. The van der Waals surface area contributed by atoms with E-state index in [1.165, 1.54) is 26.1 Å². The standard InChI is InChI=1S/C22H20F6N4O3/c1-11(12-4-3-5-13(17(12)23)18(24)25)29-19-15-9-32(21(22(26,27)28)6-7-35-10-21)16(33)8-14(15)20(34)31(2)30-19/h3-5,8-9,11,18H,6-7,10H2,1-2H3,(H,29,30)/t11-,21+/m1/s1. The number of hydrogen-bond donors (Lipinski definition) is 1. The van der Waals surface area contributed by atoms with E-state index in [9.17, 15) is 35.9 Å². The first-order chi connectivity index (χ1) is 16.4. The lowest BCUT2D eigenvalue weighted by molar-refractivity contribution is -0.214. The Morgan fingerprint density at radius 2 is 1.86 bits per heavy atom. The summed E-state index contributed by atoms with van der Waals surface area (Å²) in [6, 6.07) is 3.27. The molecule has 3 heterocycles. The van der Waals surface area contributed by atoms with Crippen LogP contribution in [0.1, 0.15) is 36.9 Å². The van der Waals surface area contributed by atoms with Gasteiger partial charge in [0.25, 0.3) is 17.5 Å². The van der Waals surface area contributed by atoms with Crippen LogP contribution in [0, 0.1) is 5.82 Å². The molecule has 0 amide bonds. The van der Waals surface area contributed by atoms with Gasteiger partial charge < -0.3 is 10.1 Å². The van der Waals surface area contributed by atoms with E-state index in [2.05, 4.69) is 10.4 Å². The van der Waals surface area contributed by atoms with Gasteiger partial charge in [0.2, 0.25) is 0 Å². The Hall–Kier alpha value is -3.35. The molecule has 0 unspecified atom stereocenters. The zero-order valence-corrected chi connectivity index (χ0v) is 18.5. The molecule has 1 N–H and O–H groups in total. The molecule has 4 rings (SSSR count). The van der Waals surface area contributed by atoms with E-state index in [0.29, 0.717) is 4.57 Å². The molecule has 0 radical (unpaired) electrons. The Labute approximate surface area is 193 Å². The second-order valence-corrected chi connectivity index (χ2v) is 8.34. The first-order valence-electron chi connectivity index (χ1n) is 10.5. The lowest BCUT2D eigenvalue weighted by Crippen LogP contribution is -2.52. The Bertz CT molecular complexity index is 1390. The van der Waals surface area contributed by atoms with E-state index in [1.54, 1.807) is 0 Å². The fourth-order valence-corrected chi connectivity index (χ4v) is 4.22. The van der Waals surface area contributed by atoms with Crippen LogP contribution in [0.25, 0.3) is 10.8 Å². The zero-order chi connectivity index (χ0) is 25.7. The zero-order valence-electron chi connectivity index (χ0n) is 18.5. The van der Waals surface area contributed by atoms with Crippen LogP contribution in [-0.2, 0) is 17.3 Å². The van der Waals surface area contributed by atoms with E-state index >= 15 is 0 Å². The molecular weight excluding hydrogens is 482 g/mol. The lowest BCUT2D eigenvalue weighted by Gasteiger charge is -2.32. The molecule has 1 saturated heterocycles. The summed E-state index contributed by atoms with van der Waals surface area (Å²) < 4.78 is 89.4. The second-order valence-electron chi connectivity index (χ2n) is 8.34. The normalized spacial score (nSPS) is 19.5. The maximum atomic E-state index is 14.7. The van der Waals surface area contributed by atoms with Gasteiger partial charge in [0.1, 0.15) is 5.82 Å². The van der Waals surface area contributed by atoms with Gasteiger partial charge in [-0.3, -0.25) is 14.2 Å². The number of ether oxygens (including phenoxy) is 1. The summed E-state index contributed by atoms with van der Waals surface area (Å²) in [5.41, 5.74) is -5.39. The molecule has 1 aliphatic heterocycles. The number of alkyl halides is 5. The first-order valence-corrected chi connectivity index (χ1v) is 10.5. The van der Waals surface area contributed by atoms with E-state index in [0.717, 1.165) is 23.0 Å². The molecule has 0 bridgehead atoms. The highest BCUT2D eigenvalue weighted by Crippen LogP contribution is 2.42.